The van der Waals surface area contributed by atoms with Crippen molar-refractivity contribution in [2.24, 2.45) is 0 Å². The molecule has 0 saturated carbocycles. The molecule has 1 amide bonds. The van der Waals surface area contributed by atoms with Crippen molar-refractivity contribution >= 4 is 35.1 Å². The van der Waals surface area contributed by atoms with Crippen molar-refractivity contribution in [2.75, 3.05) is 11.9 Å². The Morgan fingerprint density at radius 2 is 1.85 bits per heavy atom. The van der Waals surface area contributed by atoms with Gasteiger partial charge in [0.25, 0.3) is 5.91 Å². The van der Waals surface area contributed by atoms with E-state index < -0.39 is 23.9 Å². The number of aromatic nitrogens is 1. The van der Waals surface area contributed by atoms with E-state index in [4.69, 9.17) is 21.1 Å². The van der Waals surface area contributed by atoms with Gasteiger partial charge in [-0.15, -0.1) is 0 Å². The van der Waals surface area contributed by atoms with Gasteiger partial charge in [0.15, 0.2) is 6.10 Å². The summed E-state index contributed by atoms with van der Waals surface area (Å²) in [5.41, 5.74) is 1.68. The van der Waals surface area contributed by atoms with E-state index in [9.17, 15) is 14.4 Å². The zero-order valence-electron chi connectivity index (χ0n) is 15.5. The van der Waals surface area contributed by atoms with Crippen LogP contribution in [0.3, 0.4) is 0 Å². The Morgan fingerprint density at radius 1 is 1.19 bits per heavy atom. The third kappa shape index (κ3) is 4.68. The maximum atomic E-state index is 12.5. The lowest BCUT2D eigenvalue weighted by atomic mass is 10.1. The lowest BCUT2D eigenvalue weighted by molar-refractivity contribution is -0.123. The average molecular weight is 393 g/mol. The Hall–Kier alpha value is -2.80. The molecule has 0 aliphatic rings. The van der Waals surface area contributed by atoms with Gasteiger partial charge in [0.1, 0.15) is 5.69 Å². The van der Waals surface area contributed by atoms with Crippen molar-refractivity contribution in [3.63, 3.8) is 0 Å². The number of benzene rings is 1. The summed E-state index contributed by atoms with van der Waals surface area (Å²) in [4.78, 5) is 39.6. The lowest BCUT2D eigenvalue weighted by Gasteiger charge is -2.14. The number of carbonyl (C=O) groups excluding carboxylic acids is 3. The molecule has 1 heterocycles. The van der Waals surface area contributed by atoms with Crippen LogP contribution in [0.5, 0.6) is 0 Å². The smallest absolute Gasteiger partial charge is 0.355 e. The van der Waals surface area contributed by atoms with Gasteiger partial charge in [-0.2, -0.15) is 0 Å². The molecule has 0 spiro atoms. The summed E-state index contributed by atoms with van der Waals surface area (Å²) >= 11 is 6.00. The summed E-state index contributed by atoms with van der Waals surface area (Å²) in [6.07, 6.45) is -1.06. The van der Waals surface area contributed by atoms with E-state index in [0.29, 0.717) is 22.0 Å². The molecule has 0 unspecified atom stereocenters. The molecule has 0 fully saturated rings. The summed E-state index contributed by atoms with van der Waals surface area (Å²) in [7, 11) is 0. The fourth-order valence-electron chi connectivity index (χ4n) is 2.53. The summed E-state index contributed by atoms with van der Waals surface area (Å²) in [5.74, 6) is -1.78. The molecule has 2 aromatic rings. The van der Waals surface area contributed by atoms with Crippen LogP contribution in [0.2, 0.25) is 5.02 Å². The summed E-state index contributed by atoms with van der Waals surface area (Å²) in [6, 6.07) is 6.74. The third-order valence-corrected chi connectivity index (χ3v) is 4.24. The molecule has 0 aliphatic heterocycles. The number of para-hydroxylation sites is 1. The first-order valence-electron chi connectivity index (χ1n) is 8.38. The van der Waals surface area contributed by atoms with E-state index in [1.807, 2.05) is 0 Å². The Kier molecular flexibility index (Phi) is 6.63. The van der Waals surface area contributed by atoms with Crippen LogP contribution >= 0.6 is 11.6 Å². The highest BCUT2D eigenvalue weighted by molar-refractivity contribution is 6.33. The Morgan fingerprint density at radius 3 is 2.48 bits per heavy atom. The average Bonchev–Trinajstić information content (AvgIpc) is 2.91. The number of anilines is 1. The number of H-pyrrole nitrogens is 1. The third-order valence-electron chi connectivity index (χ3n) is 3.91. The van der Waals surface area contributed by atoms with E-state index in [1.165, 1.54) is 6.92 Å². The first-order chi connectivity index (χ1) is 12.8. The van der Waals surface area contributed by atoms with E-state index in [2.05, 4.69) is 10.3 Å². The minimum atomic E-state index is -1.06. The van der Waals surface area contributed by atoms with E-state index in [0.717, 1.165) is 0 Å². The molecule has 2 rings (SSSR count). The maximum Gasteiger partial charge on any atom is 0.355 e. The van der Waals surface area contributed by atoms with Crippen molar-refractivity contribution in [3.05, 3.63) is 51.8 Å². The van der Waals surface area contributed by atoms with Crippen LogP contribution in [0.15, 0.2) is 24.3 Å². The largest absolute Gasteiger partial charge is 0.461 e. The van der Waals surface area contributed by atoms with Gasteiger partial charge in [0.05, 0.1) is 22.9 Å². The molecule has 0 saturated heterocycles. The normalized spacial score (nSPS) is 11.6. The molecule has 27 heavy (non-hydrogen) atoms. The van der Waals surface area contributed by atoms with Crippen molar-refractivity contribution in [2.45, 2.75) is 33.8 Å². The van der Waals surface area contributed by atoms with E-state index >= 15 is 0 Å². The van der Waals surface area contributed by atoms with Crippen LogP contribution in [0, 0.1) is 13.8 Å². The van der Waals surface area contributed by atoms with Crippen LogP contribution in [0.25, 0.3) is 0 Å². The Bertz CT molecular complexity index is 875. The van der Waals surface area contributed by atoms with Crippen LogP contribution in [-0.2, 0) is 14.3 Å². The monoisotopic (exact) mass is 392 g/mol. The number of aryl methyl sites for hydroxylation is 1. The number of nitrogens with one attached hydrogen (secondary N) is 2. The van der Waals surface area contributed by atoms with Crippen LogP contribution < -0.4 is 5.32 Å². The number of carbonyl (C=O) groups is 3. The van der Waals surface area contributed by atoms with Crippen LogP contribution in [-0.4, -0.2) is 35.5 Å². The van der Waals surface area contributed by atoms with Crippen molar-refractivity contribution in [1.29, 1.82) is 0 Å². The van der Waals surface area contributed by atoms with Crippen molar-refractivity contribution in [3.8, 4) is 0 Å². The number of hydrogen-bond donors (Lipinski definition) is 2. The van der Waals surface area contributed by atoms with Gasteiger partial charge in [-0.25, -0.2) is 9.59 Å². The first kappa shape index (κ1) is 20.5. The zero-order valence-corrected chi connectivity index (χ0v) is 16.3. The highest BCUT2D eigenvalue weighted by atomic mass is 35.5. The number of hydrogen-bond acceptors (Lipinski definition) is 5. The molecule has 8 heteroatoms. The van der Waals surface area contributed by atoms with Gasteiger partial charge in [0, 0.05) is 5.69 Å². The van der Waals surface area contributed by atoms with Crippen molar-refractivity contribution < 1.29 is 23.9 Å². The molecule has 7 nitrogen and oxygen atoms in total. The minimum absolute atomic E-state index is 0.189. The van der Waals surface area contributed by atoms with E-state index in [-0.39, 0.29) is 17.9 Å². The number of ether oxygens (including phenoxy) is 2. The fourth-order valence-corrected chi connectivity index (χ4v) is 2.72. The van der Waals surface area contributed by atoms with Gasteiger partial charge < -0.3 is 19.8 Å². The highest BCUT2D eigenvalue weighted by Crippen LogP contribution is 2.22. The van der Waals surface area contributed by atoms with Crippen molar-refractivity contribution in [1.82, 2.24) is 4.98 Å². The van der Waals surface area contributed by atoms with Gasteiger partial charge in [-0.3, -0.25) is 4.79 Å². The lowest BCUT2D eigenvalue weighted by Crippen LogP contribution is -2.30. The standard InChI is InChI=1S/C19H21ClN2O5/c1-5-26-19(25)16-10(2)15(11(3)21-16)18(24)27-12(4)17(23)22-14-9-7-6-8-13(14)20/h6-9,12,21H,5H2,1-4H3,(H,22,23)/t12-/m0/s1. The number of aromatic amines is 1. The van der Waals surface area contributed by atoms with Gasteiger partial charge in [-0.05, 0) is 45.4 Å². The number of halogens is 1. The second kappa shape index (κ2) is 8.73. The minimum Gasteiger partial charge on any atom is -0.461 e. The van der Waals surface area contributed by atoms with Gasteiger partial charge in [0.2, 0.25) is 0 Å². The SMILES string of the molecule is CCOC(=O)c1[nH]c(C)c(C(=O)O[C@@H](C)C(=O)Nc2ccccc2Cl)c1C. The molecular formula is C19H21ClN2O5. The quantitative estimate of drug-likeness (QED) is 0.731. The number of amides is 1. The second-order valence-corrected chi connectivity index (χ2v) is 6.27. The molecule has 144 valence electrons. The number of rotatable bonds is 6. The maximum absolute atomic E-state index is 12.5. The van der Waals surface area contributed by atoms with Gasteiger partial charge in [-0.1, -0.05) is 23.7 Å². The van der Waals surface area contributed by atoms with Crippen LogP contribution in [0.4, 0.5) is 5.69 Å². The molecular weight excluding hydrogens is 372 g/mol. The van der Waals surface area contributed by atoms with Gasteiger partial charge >= 0.3 is 11.9 Å². The van der Waals surface area contributed by atoms with E-state index in [1.54, 1.807) is 45.0 Å². The van der Waals surface area contributed by atoms with Crippen LogP contribution in [0.1, 0.15) is 46.0 Å². The molecule has 1 aromatic carbocycles. The molecule has 2 N–H and O–H groups in total. The topological polar surface area (TPSA) is 97.5 Å². The first-order valence-corrected chi connectivity index (χ1v) is 8.76. The fraction of sp³-hybridized carbons (Fsp3) is 0.316. The molecule has 0 radical (unpaired) electrons. The molecule has 1 atom stereocenters. The predicted octanol–water partition coefficient (Wildman–Crippen LogP) is 3.65. The molecule has 1 aromatic heterocycles. The summed E-state index contributed by atoms with van der Waals surface area (Å²) < 4.78 is 10.2. The molecule has 0 bridgehead atoms. The second-order valence-electron chi connectivity index (χ2n) is 5.86. The number of esters is 2. The zero-order chi connectivity index (χ0) is 20.1. The predicted molar refractivity (Wildman–Crippen MR) is 101 cm³/mol. The molecule has 0 aliphatic carbocycles. The summed E-state index contributed by atoms with van der Waals surface area (Å²) in [6.45, 7) is 6.61. The Balaban J connectivity index is 2.11. The highest BCUT2D eigenvalue weighted by Gasteiger charge is 2.26. The summed E-state index contributed by atoms with van der Waals surface area (Å²) in [5, 5.41) is 2.98. The Labute approximate surface area is 162 Å².